The minimum atomic E-state index is -0.0124. The molecule has 0 aromatic heterocycles. The molecule has 0 heterocycles. The van der Waals surface area contributed by atoms with Crippen LogP contribution >= 0.6 is 11.6 Å². The first-order valence-corrected chi connectivity index (χ1v) is 8.13. The second kappa shape index (κ2) is 7.11. The smallest absolute Gasteiger partial charge is 0.178 e. The van der Waals surface area contributed by atoms with Crippen molar-refractivity contribution in [2.75, 3.05) is 0 Å². The number of halogens is 1. The van der Waals surface area contributed by atoms with Crippen molar-refractivity contribution >= 4 is 23.5 Å². The van der Waals surface area contributed by atoms with Gasteiger partial charge in [0.2, 0.25) is 0 Å². The maximum Gasteiger partial charge on any atom is 0.178 e. The van der Waals surface area contributed by atoms with E-state index in [0.29, 0.717) is 5.02 Å². The molecular weight excluding hydrogens is 292 g/mol. The highest BCUT2D eigenvalue weighted by atomic mass is 35.5. The molecule has 0 radical (unpaired) electrons. The second-order valence-electron chi connectivity index (χ2n) is 6.52. The number of benzene rings is 1. The summed E-state index contributed by atoms with van der Waals surface area (Å²) in [5.74, 6) is -0.0124. The predicted molar refractivity (Wildman–Crippen MR) is 95.0 cm³/mol. The number of hydrogen-bond acceptors (Lipinski definition) is 1. The average Bonchev–Trinajstić information content (AvgIpc) is 2.45. The molecule has 0 spiro atoms. The summed E-state index contributed by atoms with van der Waals surface area (Å²) in [4.78, 5) is 12.0. The Kier molecular flexibility index (Phi) is 5.42. The van der Waals surface area contributed by atoms with Gasteiger partial charge in [-0.15, -0.1) is 0 Å². The van der Waals surface area contributed by atoms with Crippen LogP contribution in [0, 0.1) is 5.41 Å². The zero-order valence-electron chi connectivity index (χ0n) is 13.5. The zero-order chi connectivity index (χ0) is 16.2. The Bertz CT molecular complexity index is 647. The number of ketones is 1. The van der Waals surface area contributed by atoms with Crippen LogP contribution in [0.5, 0.6) is 0 Å². The average molecular weight is 315 g/mol. The molecule has 1 aliphatic carbocycles. The first-order valence-electron chi connectivity index (χ1n) is 7.75. The number of carbonyl (C=O) groups excluding carboxylic acids is 1. The van der Waals surface area contributed by atoms with Crippen molar-refractivity contribution in [2.45, 2.75) is 40.0 Å². The Balaban J connectivity index is 2.10. The van der Waals surface area contributed by atoms with Crippen molar-refractivity contribution in [2.24, 2.45) is 5.41 Å². The molecule has 2 rings (SSSR count). The van der Waals surface area contributed by atoms with Gasteiger partial charge in [0.05, 0.1) is 0 Å². The molecular formula is C20H23ClO. The minimum absolute atomic E-state index is 0.0124. The Morgan fingerprint density at radius 3 is 2.55 bits per heavy atom. The van der Waals surface area contributed by atoms with Gasteiger partial charge in [0.15, 0.2) is 5.78 Å². The van der Waals surface area contributed by atoms with E-state index in [4.69, 9.17) is 11.6 Å². The number of allylic oxidation sites excluding steroid dienone is 5. The van der Waals surface area contributed by atoms with Crippen molar-refractivity contribution in [3.8, 4) is 0 Å². The summed E-state index contributed by atoms with van der Waals surface area (Å²) in [6.07, 6.45) is 10.5. The molecule has 0 saturated heterocycles. The SMILES string of the molecule is CC1=C(/C=C/C(=O)/C=C/c2ccccc2Cl)C(C)(C)CCC1. The maximum absolute atomic E-state index is 12.0. The van der Waals surface area contributed by atoms with Crippen LogP contribution in [0.25, 0.3) is 6.08 Å². The van der Waals surface area contributed by atoms with Crippen molar-refractivity contribution in [1.29, 1.82) is 0 Å². The molecule has 0 amide bonds. The first kappa shape index (κ1) is 16.8. The van der Waals surface area contributed by atoms with Gasteiger partial charge >= 0.3 is 0 Å². The number of hydrogen-bond donors (Lipinski definition) is 0. The molecule has 1 aromatic rings. The van der Waals surface area contributed by atoms with E-state index < -0.39 is 0 Å². The van der Waals surface area contributed by atoms with E-state index in [-0.39, 0.29) is 11.2 Å². The summed E-state index contributed by atoms with van der Waals surface area (Å²) in [5.41, 5.74) is 3.72. The van der Waals surface area contributed by atoms with Crippen molar-refractivity contribution in [3.05, 3.63) is 64.2 Å². The van der Waals surface area contributed by atoms with Crippen LogP contribution in [0.15, 0.2) is 53.6 Å². The minimum Gasteiger partial charge on any atom is -0.290 e. The van der Waals surface area contributed by atoms with Gasteiger partial charge in [0.1, 0.15) is 0 Å². The van der Waals surface area contributed by atoms with E-state index in [2.05, 4.69) is 20.8 Å². The third kappa shape index (κ3) is 4.20. The van der Waals surface area contributed by atoms with Gasteiger partial charge in [0, 0.05) is 5.02 Å². The van der Waals surface area contributed by atoms with Crippen LogP contribution in [-0.2, 0) is 4.79 Å². The van der Waals surface area contributed by atoms with Crippen LogP contribution in [0.2, 0.25) is 5.02 Å². The van der Waals surface area contributed by atoms with Crippen LogP contribution in [0.4, 0.5) is 0 Å². The lowest BCUT2D eigenvalue weighted by Crippen LogP contribution is -2.19. The highest BCUT2D eigenvalue weighted by Crippen LogP contribution is 2.40. The predicted octanol–water partition coefficient (Wildman–Crippen LogP) is 6.01. The number of rotatable bonds is 4. The molecule has 0 fully saturated rings. The van der Waals surface area contributed by atoms with Gasteiger partial charge in [-0.3, -0.25) is 4.79 Å². The summed E-state index contributed by atoms with van der Waals surface area (Å²) in [6, 6.07) is 7.50. The van der Waals surface area contributed by atoms with Gasteiger partial charge in [-0.25, -0.2) is 0 Å². The molecule has 0 bridgehead atoms. The first-order chi connectivity index (χ1) is 10.4. The fraction of sp³-hybridized carbons (Fsp3) is 0.350. The highest BCUT2D eigenvalue weighted by Gasteiger charge is 2.26. The topological polar surface area (TPSA) is 17.1 Å². The summed E-state index contributed by atoms with van der Waals surface area (Å²) in [6.45, 7) is 6.67. The van der Waals surface area contributed by atoms with E-state index in [1.165, 1.54) is 24.0 Å². The number of carbonyl (C=O) groups is 1. The fourth-order valence-electron chi connectivity index (χ4n) is 3.01. The standard InChI is InChI=1S/C20H23ClO/c1-15-7-6-14-20(2,3)18(15)13-12-17(22)11-10-16-8-4-5-9-19(16)21/h4-5,8-13H,6-7,14H2,1-3H3/b11-10+,13-12+. The van der Waals surface area contributed by atoms with E-state index >= 15 is 0 Å². The van der Waals surface area contributed by atoms with Gasteiger partial charge in [-0.1, -0.05) is 55.3 Å². The van der Waals surface area contributed by atoms with Gasteiger partial charge in [0.25, 0.3) is 0 Å². The van der Waals surface area contributed by atoms with Crippen LogP contribution in [-0.4, -0.2) is 5.78 Å². The van der Waals surface area contributed by atoms with E-state index in [1.807, 2.05) is 30.3 Å². The van der Waals surface area contributed by atoms with Crippen LogP contribution < -0.4 is 0 Å². The summed E-state index contributed by atoms with van der Waals surface area (Å²) in [7, 11) is 0. The Morgan fingerprint density at radius 2 is 1.86 bits per heavy atom. The van der Waals surface area contributed by atoms with E-state index in [9.17, 15) is 4.79 Å². The molecule has 0 saturated carbocycles. The van der Waals surface area contributed by atoms with E-state index in [0.717, 1.165) is 12.0 Å². The van der Waals surface area contributed by atoms with E-state index in [1.54, 1.807) is 18.2 Å². The molecule has 1 aromatic carbocycles. The normalized spacial score (nSPS) is 18.4. The molecule has 0 aliphatic heterocycles. The lowest BCUT2D eigenvalue weighted by atomic mass is 9.72. The quantitative estimate of drug-likeness (QED) is 0.622. The maximum atomic E-state index is 12.0. The fourth-order valence-corrected chi connectivity index (χ4v) is 3.21. The van der Waals surface area contributed by atoms with Crippen LogP contribution in [0.3, 0.4) is 0 Å². The third-order valence-corrected chi connectivity index (χ3v) is 4.63. The Hall–Kier alpha value is -1.60. The monoisotopic (exact) mass is 314 g/mol. The summed E-state index contributed by atoms with van der Waals surface area (Å²) >= 11 is 6.07. The lowest BCUT2D eigenvalue weighted by Gasteiger charge is -2.32. The lowest BCUT2D eigenvalue weighted by molar-refractivity contribution is -0.110. The van der Waals surface area contributed by atoms with Crippen molar-refractivity contribution in [3.63, 3.8) is 0 Å². The Labute approximate surface area is 138 Å². The van der Waals surface area contributed by atoms with Gasteiger partial charge in [-0.2, -0.15) is 0 Å². The molecule has 0 atom stereocenters. The largest absolute Gasteiger partial charge is 0.290 e. The molecule has 1 aliphatic rings. The highest BCUT2D eigenvalue weighted by molar-refractivity contribution is 6.32. The molecule has 0 N–H and O–H groups in total. The van der Waals surface area contributed by atoms with Gasteiger partial charge in [-0.05, 0) is 67.0 Å². The summed E-state index contributed by atoms with van der Waals surface area (Å²) < 4.78 is 0. The molecule has 2 heteroatoms. The Morgan fingerprint density at radius 1 is 1.18 bits per heavy atom. The molecule has 22 heavy (non-hydrogen) atoms. The molecule has 0 unspecified atom stereocenters. The zero-order valence-corrected chi connectivity index (χ0v) is 14.3. The third-order valence-electron chi connectivity index (χ3n) is 4.29. The molecule has 116 valence electrons. The molecule has 1 nitrogen and oxygen atoms in total. The van der Waals surface area contributed by atoms with Crippen molar-refractivity contribution in [1.82, 2.24) is 0 Å². The van der Waals surface area contributed by atoms with Gasteiger partial charge < -0.3 is 0 Å². The van der Waals surface area contributed by atoms with Crippen molar-refractivity contribution < 1.29 is 4.79 Å². The second-order valence-corrected chi connectivity index (χ2v) is 6.93. The van der Waals surface area contributed by atoms with Crippen LogP contribution in [0.1, 0.15) is 45.6 Å². The summed E-state index contributed by atoms with van der Waals surface area (Å²) in [5, 5.41) is 0.655.